The molecule has 0 spiro atoms. The van der Waals surface area contributed by atoms with Crippen molar-refractivity contribution in [2.45, 2.75) is 31.4 Å². The van der Waals surface area contributed by atoms with Gasteiger partial charge in [-0.25, -0.2) is 0 Å². The van der Waals surface area contributed by atoms with E-state index in [9.17, 15) is 39.6 Å². The summed E-state index contributed by atoms with van der Waals surface area (Å²) in [5.74, 6) is -6.75. The van der Waals surface area contributed by atoms with E-state index in [1.54, 1.807) is 0 Å². The topological polar surface area (TPSA) is 206 Å². The molecule has 1 aromatic rings. The molecule has 0 radical (unpaired) electrons. The maximum Gasteiger partial charge on any atom is 0.255 e. The van der Waals surface area contributed by atoms with Crippen molar-refractivity contribution in [1.82, 2.24) is 15.1 Å². The normalized spacial score (nSPS) is 27.6. The number of hydrogen-bond acceptors (Lipinski definition) is 12. The van der Waals surface area contributed by atoms with E-state index in [1.807, 2.05) is 11.8 Å². The molecule has 1 fully saturated rings. The van der Waals surface area contributed by atoms with Gasteiger partial charge in [-0.15, -0.1) is 0 Å². The molecule has 41 heavy (non-hydrogen) atoms. The van der Waals surface area contributed by atoms with E-state index in [0.29, 0.717) is 18.8 Å². The van der Waals surface area contributed by atoms with E-state index in [2.05, 4.69) is 10.3 Å². The quantitative estimate of drug-likeness (QED) is 0.182. The minimum Gasteiger partial charge on any atom is -0.508 e. The van der Waals surface area contributed by atoms with Crippen LogP contribution in [0.2, 0.25) is 0 Å². The van der Waals surface area contributed by atoms with Crippen LogP contribution in [-0.4, -0.2) is 111 Å². The number of amides is 1. The van der Waals surface area contributed by atoms with E-state index in [-0.39, 0.29) is 47.6 Å². The van der Waals surface area contributed by atoms with Gasteiger partial charge in [0.05, 0.1) is 37.2 Å². The number of phenols is 1. The predicted molar refractivity (Wildman–Crippen MR) is 146 cm³/mol. The van der Waals surface area contributed by atoms with Crippen LogP contribution in [0, 0.1) is 11.8 Å². The van der Waals surface area contributed by atoms with Crippen molar-refractivity contribution in [3.8, 4) is 5.75 Å². The summed E-state index contributed by atoms with van der Waals surface area (Å²) in [5, 5.41) is 47.7. The molecular formula is C28H33N5O8. The first-order chi connectivity index (χ1) is 19.3. The zero-order valence-corrected chi connectivity index (χ0v) is 23.0. The number of ketones is 3. The van der Waals surface area contributed by atoms with Crippen LogP contribution in [0.1, 0.15) is 34.8 Å². The Morgan fingerprint density at radius 2 is 1.93 bits per heavy atom. The Morgan fingerprint density at radius 3 is 2.54 bits per heavy atom. The summed E-state index contributed by atoms with van der Waals surface area (Å²) in [5.41, 5.74) is 1.96. The molecule has 0 bridgehead atoms. The van der Waals surface area contributed by atoms with Gasteiger partial charge in [-0.3, -0.25) is 34.4 Å². The van der Waals surface area contributed by atoms with Gasteiger partial charge >= 0.3 is 0 Å². The highest BCUT2D eigenvalue weighted by molar-refractivity contribution is 6.24. The molecule has 1 heterocycles. The number of carbonyl (C=O) groups excluding carboxylic acids is 4. The number of phenolic OH excluding ortho intramolecular Hbond substituents is 1. The lowest BCUT2D eigenvalue weighted by atomic mass is 9.57. The number of nitrogens with one attached hydrogen (secondary N) is 1. The van der Waals surface area contributed by atoms with Gasteiger partial charge in [0.25, 0.3) is 5.91 Å². The van der Waals surface area contributed by atoms with Gasteiger partial charge in [0.2, 0.25) is 5.78 Å². The molecule has 0 unspecified atom stereocenters. The summed E-state index contributed by atoms with van der Waals surface area (Å²) in [4.78, 5) is 60.2. The Morgan fingerprint density at radius 1 is 1.22 bits per heavy atom. The van der Waals surface area contributed by atoms with Crippen LogP contribution in [0.15, 0.2) is 34.0 Å². The molecule has 7 N–H and O–H groups in total. The number of aliphatic hydroxyl groups excluding tert-OH is 2. The van der Waals surface area contributed by atoms with Gasteiger partial charge in [-0.1, -0.05) is 0 Å². The fraction of sp³-hybridized carbons (Fsp3) is 0.464. The number of aromatic hydroxyl groups is 1. The molecule has 218 valence electrons. The molecule has 13 heteroatoms. The van der Waals surface area contributed by atoms with E-state index >= 15 is 0 Å². The maximum atomic E-state index is 13.9. The molecule has 1 saturated carbocycles. The minimum absolute atomic E-state index is 0.0317. The summed E-state index contributed by atoms with van der Waals surface area (Å²) in [6, 6.07) is 1.52. The van der Waals surface area contributed by atoms with Crippen molar-refractivity contribution in [2.75, 3.05) is 40.4 Å². The van der Waals surface area contributed by atoms with E-state index in [1.165, 1.54) is 31.1 Å². The molecule has 1 aromatic carbocycles. The average molecular weight is 568 g/mol. The molecular weight excluding hydrogens is 534 g/mol. The second kappa shape index (κ2) is 10.1. The SMILES string of the molecule is CC1=NCCN1CNCC(=O)c1ccc(O)c2c1C[C@H]1C[C@H]3[C@H](N(C)C)C(=O)C(C(N)=O)=C(O)[C@@]3(O)C(=O)C1=C2O. The third kappa shape index (κ3) is 4.23. The third-order valence-electron chi connectivity index (χ3n) is 8.66. The van der Waals surface area contributed by atoms with Crippen LogP contribution < -0.4 is 11.1 Å². The number of benzene rings is 1. The first-order valence-electron chi connectivity index (χ1n) is 13.3. The van der Waals surface area contributed by atoms with Crippen molar-refractivity contribution in [3.05, 3.63) is 45.7 Å². The van der Waals surface area contributed by atoms with E-state index < -0.39 is 58.0 Å². The zero-order chi connectivity index (χ0) is 30.0. The Hall–Kier alpha value is -4.07. The number of aliphatic imine (C=N–C) groups is 1. The number of nitrogens with zero attached hydrogens (tertiary/aromatic N) is 3. The first kappa shape index (κ1) is 28.5. The summed E-state index contributed by atoms with van der Waals surface area (Å²) >= 11 is 0. The van der Waals surface area contributed by atoms with Crippen LogP contribution in [0.4, 0.5) is 0 Å². The Bertz CT molecular complexity index is 1480. The lowest BCUT2D eigenvalue weighted by Gasteiger charge is -2.50. The van der Waals surface area contributed by atoms with E-state index in [4.69, 9.17) is 5.73 Å². The summed E-state index contributed by atoms with van der Waals surface area (Å²) in [6.45, 7) is 3.70. The number of primary amides is 1. The summed E-state index contributed by atoms with van der Waals surface area (Å²) < 4.78 is 0. The van der Waals surface area contributed by atoms with Crippen molar-refractivity contribution in [3.63, 3.8) is 0 Å². The van der Waals surface area contributed by atoms with Crippen LogP contribution in [0.3, 0.4) is 0 Å². The Labute approximate surface area is 235 Å². The van der Waals surface area contributed by atoms with Crippen LogP contribution in [0.5, 0.6) is 5.75 Å². The maximum absolute atomic E-state index is 13.9. The minimum atomic E-state index is -2.71. The number of amidine groups is 1. The average Bonchev–Trinajstić information content (AvgIpc) is 3.30. The van der Waals surface area contributed by atoms with Crippen molar-refractivity contribution in [2.24, 2.45) is 22.6 Å². The number of hydrogen-bond donors (Lipinski definition) is 6. The second-order valence-electron chi connectivity index (χ2n) is 11.1. The highest BCUT2D eigenvalue weighted by Gasteiger charge is 2.64. The van der Waals surface area contributed by atoms with Gasteiger partial charge in [0.15, 0.2) is 17.2 Å². The molecule has 0 saturated heterocycles. The lowest BCUT2D eigenvalue weighted by Crippen LogP contribution is -2.65. The molecule has 13 nitrogen and oxygen atoms in total. The van der Waals surface area contributed by atoms with Crippen LogP contribution in [-0.2, 0) is 20.8 Å². The molecule has 0 aromatic heterocycles. The lowest BCUT2D eigenvalue weighted by molar-refractivity contribution is -0.153. The van der Waals surface area contributed by atoms with Crippen LogP contribution >= 0.6 is 0 Å². The molecule has 5 rings (SSSR count). The fourth-order valence-electron chi connectivity index (χ4n) is 6.69. The summed E-state index contributed by atoms with van der Waals surface area (Å²) in [7, 11) is 3.06. The number of Topliss-reactive ketones (excluding diaryl/α,β-unsaturated/α-hetero) is 3. The van der Waals surface area contributed by atoms with Crippen LogP contribution in [0.25, 0.3) is 5.76 Å². The molecule has 1 aliphatic heterocycles. The van der Waals surface area contributed by atoms with Gasteiger partial charge in [0.1, 0.15) is 22.8 Å². The monoisotopic (exact) mass is 567 g/mol. The molecule has 4 atom stereocenters. The summed E-state index contributed by atoms with van der Waals surface area (Å²) in [6.07, 6.45) is -0.0111. The number of carbonyl (C=O) groups is 4. The number of fused-ring (bicyclic) bond motifs is 3. The highest BCUT2D eigenvalue weighted by Crippen LogP contribution is 2.52. The van der Waals surface area contributed by atoms with Crippen molar-refractivity contribution < 1.29 is 39.6 Å². The number of aliphatic hydroxyl groups is 3. The standard InChI is InChI=1S/C28H33N5O8/c1-12-31-6-7-33(12)11-30-10-18(35)14-4-5-17(34)20-15(14)8-13-9-16-22(32(2)3)24(37)21(27(29)40)26(39)28(16,41)25(38)19(13)23(20)36/h4-5,13,16,22,30,34,36,39,41H,6-11H2,1-3H3,(H2,29,40)/t13-,16-,22-,28-/m0/s1. The Kier molecular flexibility index (Phi) is 7.00. The number of nitrogens with two attached hydrogens (primary N) is 1. The third-order valence-corrected chi connectivity index (χ3v) is 8.66. The van der Waals surface area contributed by atoms with Gasteiger partial charge < -0.3 is 31.1 Å². The molecule has 1 amide bonds. The van der Waals surface area contributed by atoms with Crippen molar-refractivity contribution >= 4 is 34.9 Å². The van der Waals surface area contributed by atoms with Gasteiger partial charge in [0, 0.05) is 23.6 Å². The molecule has 4 aliphatic rings. The highest BCUT2D eigenvalue weighted by atomic mass is 16.3. The largest absolute Gasteiger partial charge is 0.508 e. The van der Waals surface area contributed by atoms with Gasteiger partial charge in [-0.05, 0) is 57.5 Å². The predicted octanol–water partition coefficient (Wildman–Crippen LogP) is -0.572. The fourth-order valence-corrected chi connectivity index (χ4v) is 6.69. The van der Waals surface area contributed by atoms with Crippen molar-refractivity contribution in [1.29, 1.82) is 0 Å². The Balaban J connectivity index is 1.55. The number of rotatable bonds is 7. The second-order valence-corrected chi connectivity index (χ2v) is 11.1. The first-order valence-corrected chi connectivity index (χ1v) is 13.3. The molecule has 3 aliphatic carbocycles. The zero-order valence-electron chi connectivity index (χ0n) is 23.0. The van der Waals surface area contributed by atoms with Gasteiger partial charge in [-0.2, -0.15) is 0 Å². The van der Waals surface area contributed by atoms with E-state index in [0.717, 1.165) is 12.4 Å². The number of likely N-dealkylation sites (N-methyl/N-ethyl adjacent to an activating group) is 1. The smallest absolute Gasteiger partial charge is 0.255 e.